The van der Waals surface area contributed by atoms with E-state index in [1.807, 2.05) is 23.1 Å². The summed E-state index contributed by atoms with van der Waals surface area (Å²) in [5.41, 5.74) is 0.679. The maximum Gasteiger partial charge on any atom is 0.222 e. The molecule has 0 aliphatic carbocycles. The second kappa shape index (κ2) is 8.60. The number of hydrogen-bond donors (Lipinski definition) is 0. The lowest BCUT2D eigenvalue weighted by molar-refractivity contribution is -0.134. The van der Waals surface area contributed by atoms with Crippen molar-refractivity contribution in [3.05, 3.63) is 64.7 Å². The minimum Gasteiger partial charge on any atom is -0.486 e. The Morgan fingerprint density at radius 3 is 2.50 bits per heavy atom. The van der Waals surface area contributed by atoms with Crippen molar-refractivity contribution in [1.29, 1.82) is 0 Å². The van der Waals surface area contributed by atoms with E-state index >= 15 is 0 Å². The topological polar surface area (TPSA) is 63.7 Å². The molecule has 0 atom stereocenters. The van der Waals surface area contributed by atoms with Gasteiger partial charge in [-0.1, -0.05) is 41.9 Å². The van der Waals surface area contributed by atoms with E-state index in [1.54, 1.807) is 30.3 Å². The van der Waals surface area contributed by atoms with E-state index in [0.717, 1.165) is 0 Å². The Labute approximate surface area is 181 Å². The summed E-state index contributed by atoms with van der Waals surface area (Å²) in [6.45, 7) is 1.11. The lowest BCUT2D eigenvalue weighted by atomic mass is 9.82. The van der Waals surface area contributed by atoms with E-state index in [1.165, 1.54) is 0 Å². The number of ketones is 2. The first-order valence-corrected chi connectivity index (χ1v) is 10.7. The predicted octanol–water partition coefficient (Wildman–Crippen LogP) is 4.72. The van der Waals surface area contributed by atoms with Gasteiger partial charge in [0.05, 0.1) is 12.0 Å². The van der Waals surface area contributed by atoms with Gasteiger partial charge in [0.15, 0.2) is 11.6 Å². The van der Waals surface area contributed by atoms with E-state index in [0.29, 0.717) is 73.5 Å². The van der Waals surface area contributed by atoms with Crippen molar-refractivity contribution < 1.29 is 19.1 Å². The highest BCUT2D eigenvalue weighted by Crippen LogP contribution is 2.40. The number of fused-ring (bicyclic) bond motifs is 1. The molecule has 2 aliphatic rings. The second-order valence-electron chi connectivity index (χ2n) is 8.05. The van der Waals surface area contributed by atoms with Crippen molar-refractivity contribution in [2.45, 2.75) is 44.1 Å². The van der Waals surface area contributed by atoms with Gasteiger partial charge in [0.25, 0.3) is 0 Å². The standard InChI is InChI=1S/C24H24ClNO4/c25-18-9-10-22-19(15-18)21(28)16-24(30-22)11-13-26(14-12-24)23(29)8-4-7-20(27)17-5-2-1-3-6-17/h1-3,5-6,9-10,15H,4,7-8,11-14,16H2. The molecular formula is C24H24ClNO4. The summed E-state index contributed by atoms with van der Waals surface area (Å²) in [4.78, 5) is 39.2. The van der Waals surface area contributed by atoms with E-state index in [2.05, 4.69) is 0 Å². The molecule has 156 valence electrons. The molecule has 30 heavy (non-hydrogen) atoms. The molecule has 0 aromatic heterocycles. The molecule has 0 unspecified atom stereocenters. The van der Waals surface area contributed by atoms with Crippen molar-refractivity contribution >= 4 is 29.1 Å². The Bertz CT molecular complexity index is 964. The SMILES string of the molecule is O=C(CCCC(=O)N1CCC2(CC1)CC(=O)c1cc(Cl)ccc1O2)c1ccccc1. The first kappa shape index (κ1) is 20.6. The fourth-order valence-electron chi connectivity index (χ4n) is 4.24. The number of Topliss-reactive ketones (excluding diaryl/α,β-unsaturated/α-hetero) is 2. The number of rotatable bonds is 5. The highest BCUT2D eigenvalue weighted by Gasteiger charge is 2.43. The number of halogens is 1. The highest BCUT2D eigenvalue weighted by atomic mass is 35.5. The Morgan fingerprint density at radius 1 is 1.03 bits per heavy atom. The molecule has 5 nitrogen and oxygen atoms in total. The summed E-state index contributed by atoms with van der Waals surface area (Å²) >= 11 is 6.00. The van der Waals surface area contributed by atoms with Crippen LogP contribution in [0.3, 0.4) is 0 Å². The van der Waals surface area contributed by atoms with Gasteiger partial charge in [-0.15, -0.1) is 0 Å². The maximum absolute atomic E-state index is 12.6. The van der Waals surface area contributed by atoms with Gasteiger partial charge < -0.3 is 9.64 Å². The molecule has 6 heteroatoms. The maximum atomic E-state index is 12.6. The van der Waals surface area contributed by atoms with Gasteiger partial charge in [0, 0.05) is 49.4 Å². The predicted molar refractivity (Wildman–Crippen MR) is 114 cm³/mol. The first-order chi connectivity index (χ1) is 14.5. The molecule has 2 aromatic rings. The van der Waals surface area contributed by atoms with Gasteiger partial charge in [-0.05, 0) is 24.6 Å². The number of amides is 1. The number of piperidine rings is 1. The van der Waals surface area contributed by atoms with Crippen LogP contribution in [0.4, 0.5) is 0 Å². The molecule has 1 saturated heterocycles. The monoisotopic (exact) mass is 425 g/mol. The normalized spacial score (nSPS) is 17.4. The summed E-state index contributed by atoms with van der Waals surface area (Å²) in [6, 6.07) is 14.3. The van der Waals surface area contributed by atoms with Crippen molar-refractivity contribution in [3.63, 3.8) is 0 Å². The van der Waals surface area contributed by atoms with Gasteiger partial charge in [0.1, 0.15) is 11.4 Å². The lowest BCUT2D eigenvalue weighted by Gasteiger charge is -2.44. The lowest BCUT2D eigenvalue weighted by Crippen LogP contribution is -2.52. The van der Waals surface area contributed by atoms with Gasteiger partial charge in [-0.3, -0.25) is 14.4 Å². The third-order valence-corrected chi connectivity index (χ3v) is 6.20. The van der Waals surface area contributed by atoms with E-state index < -0.39 is 5.60 Å². The average Bonchev–Trinajstić information content (AvgIpc) is 2.75. The van der Waals surface area contributed by atoms with Gasteiger partial charge in [0.2, 0.25) is 5.91 Å². The Balaban J connectivity index is 1.28. The van der Waals surface area contributed by atoms with Gasteiger partial charge in [-0.25, -0.2) is 0 Å². The summed E-state index contributed by atoms with van der Waals surface area (Å²) in [5, 5.41) is 0.521. The average molecular weight is 426 g/mol. The molecule has 2 aromatic carbocycles. The van der Waals surface area contributed by atoms with Crippen LogP contribution in [-0.2, 0) is 4.79 Å². The third-order valence-electron chi connectivity index (χ3n) is 5.97. The number of hydrogen-bond acceptors (Lipinski definition) is 4. The summed E-state index contributed by atoms with van der Waals surface area (Å²) in [7, 11) is 0. The summed E-state index contributed by atoms with van der Waals surface area (Å²) < 4.78 is 6.21. The van der Waals surface area contributed by atoms with Crippen molar-refractivity contribution in [2.75, 3.05) is 13.1 Å². The number of benzene rings is 2. The van der Waals surface area contributed by atoms with E-state index in [-0.39, 0.29) is 17.5 Å². The minimum atomic E-state index is -0.544. The van der Waals surface area contributed by atoms with Crippen LogP contribution in [0.2, 0.25) is 5.02 Å². The van der Waals surface area contributed by atoms with E-state index in [4.69, 9.17) is 16.3 Å². The van der Waals surface area contributed by atoms with Crippen LogP contribution in [0.1, 0.15) is 59.2 Å². The molecule has 0 N–H and O–H groups in total. The Hall–Kier alpha value is -2.66. The fourth-order valence-corrected chi connectivity index (χ4v) is 4.41. The van der Waals surface area contributed by atoms with Crippen LogP contribution in [0, 0.1) is 0 Å². The molecular weight excluding hydrogens is 402 g/mol. The molecule has 0 radical (unpaired) electrons. The fraction of sp³-hybridized carbons (Fsp3) is 0.375. The van der Waals surface area contributed by atoms with Crippen LogP contribution in [0.5, 0.6) is 5.75 Å². The molecule has 1 amide bonds. The zero-order valence-corrected chi connectivity index (χ0v) is 17.5. The third kappa shape index (κ3) is 4.41. The molecule has 1 fully saturated rings. The number of carbonyl (C=O) groups excluding carboxylic acids is 3. The number of ether oxygens (including phenoxy) is 1. The number of nitrogens with zero attached hydrogens (tertiary/aromatic N) is 1. The second-order valence-corrected chi connectivity index (χ2v) is 8.49. The molecule has 2 heterocycles. The van der Waals surface area contributed by atoms with Crippen LogP contribution >= 0.6 is 11.6 Å². The number of carbonyl (C=O) groups is 3. The molecule has 4 rings (SSSR count). The van der Waals surface area contributed by atoms with Gasteiger partial charge >= 0.3 is 0 Å². The Kier molecular flexibility index (Phi) is 5.91. The summed E-state index contributed by atoms with van der Waals surface area (Å²) in [5.74, 6) is 0.738. The molecule has 0 saturated carbocycles. The van der Waals surface area contributed by atoms with Crippen LogP contribution in [0.15, 0.2) is 48.5 Å². The molecule has 1 spiro atoms. The van der Waals surface area contributed by atoms with Crippen molar-refractivity contribution in [2.24, 2.45) is 0 Å². The number of likely N-dealkylation sites (tertiary alicyclic amines) is 1. The van der Waals surface area contributed by atoms with Crippen LogP contribution in [-0.4, -0.2) is 41.1 Å². The van der Waals surface area contributed by atoms with Crippen LogP contribution in [0.25, 0.3) is 0 Å². The van der Waals surface area contributed by atoms with Crippen molar-refractivity contribution in [3.8, 4) is 5.75 Å². The quantitative estimate of drug-likeness (QED) is 0.650. The first-order valence-electron chi connectivity index (χ1n) is 10.3. The van der Waals surface area contributed by atoms with Gasteiger partial charge in [-0.2, -0.15) is 0 Å². The zero-order chi connectivity index (χ0) is 21.1. The summed E-state index contributed by atoms with van der Waals surface area (Å²) in [6.07, 6.45) is 2.81. The molecule has 2 aliphatic heterocycles. The smallest absolute Gasteiger partial charge is 0.222 e. The Morgan fingerprint density at radius 2 is 1.77 bits per heavy atom. The minimum absolute atomic E-state index is 0.0398. The largest absolute Gasteiger partial charge is 0.486 e. The zero-order valence-electron chi connectivity index (χ0n) is 16.7. The van der Waals surface area contributed by atoms with E-state index in [9.17, 15) is 14.4 Å². The van der Waals surface area contributed by atoms with Crippen molar-refractivity contribution in [1.82, 2.24) is 4.90 Å². The van der Waals surface area contributed by atoms with Crippen LogP contribution < -0.4 is 4.74 Å². The highest BCUT2D eigenvalue weighted by molar-refractivity contribution is 6.31. The molecule has 0 bridgehead atoms.